The van der Waals surface area contributed by atoms with Crippen molar-refractivity contribution in [3.8, 4) is 0 Å². The lowest BCUT2D eigenvalue weighted by Crippen LogP contribution is -2.48. The molecular formula is C13H19N3O4S. The minimum absolute atomic E-state index is 0.270. The molecule has 0 aromatic heterocycles. The van der Waals surface area contributed by atoms with E-state index in [9.17, 15) is 18.5 Å². The maximum Gasteiger partial charge on any atom is 0.289 e. The molecule has 0 spiro atoms. The van der Waals surface area contributed by atoms with Crippen LogP contribution in [0, 0.1) is 24.0 Å². The predicted octanol–water partition coefficient (Wildman–Crippen LogP) is 1.67. The summed E-state index contributed by atoms with van der Waals surface area (Å²) in [5.41, 5.74) is 6.86. The number of hydrogen-bond acceptors (Lipinski definition) is 5. The van der Waals surface area contributed by atoms with Gasteiger partial charge in [-0.3, -0.25) is 10.1 Å². The van der Waals surface area contributed by atoms with Gasteiger partial charge in [0.2, 0.25) is 0 Å². The summed E-state index contributed by atoms with van der Waals surface area (Å²) in [4.78, 5) is 10.3. The number of benzene rings is 1. The van der Waals surface area contributed by atoms with E-state index in [1.807, 2.05) is 0 Å². The van der Waals surface area contributed by atoms with E-state index in [0.717, 1.165) is 6.42 Å². The van der Waals surface area contributed by atoms with Crippen molar-refractivity contribution in [1.29, 1.82) is 0 Å². The largest absolute Gasteiger partial charge is 0.315 e. The fraction of sp³-hybridized carbons (Fsp3) is 0.538. The minimum Gasteiger partial charge on any atom is -0.315 e. The molecule has 1 aliphatic heterocycles. The maximum atomic E-state index is 12.7. The molecule has 1 aliphatic rings. The fourth-order valence-corrected chi connectivity index (χ4v) is 4.29. The van der Waals surface area contributed by atoms with Crippen molar-refractivity contribution in [3.63, 3.8) is 0 Å². The number of aryl methyl sites for hydroxylation is 2. The summed E-state index contributed by atoms with van der Waals surface area (Å²) in [7, 11) is -3.96. The number of nitro groups is 1. The van der Waals surface area contributed by atoms with Crippen LogP contribution in [0.4, 0.5) is 5.69 Å². The smallest absolute Gasteiger partial charge is 0.289 e. The predicted molar refractivity (Wildman–Crippen MR) is 78.3 cm³/mol. The van der Waals surface area contributed by atoms with Crippen molar-refractivity contribution >= 4 is 15.7 Å². The summed E-state index contributed by atoms with van der Waals surface area (Å²) in [6.07, 6.45) is 1.52. The van der Waals surface area contributed by atoms with Gasteiger partial charge in [-0.25, -0.2) is 8.42 Å². The molecule has 0 radical (unpaired) electrons. The number of piperidine rings is 1. The van der Waals surface area contributed by atoms with Gasteiger partial charge in [-0.2, -0.15) is 4.31 Å². The van der Waals surface area contributed by atoms with Crippen LogP contribution in [0.3, 0.4) is 0 Å². The van der Waals surface area contributed by atoms with E-state index >= 15 is 0 Å². The first-order valence-electron chi connectivity index (χ1n) is 6.78. The van der Waals surface area contributed by atoms with Crippen molar-refractivity contribution < 1.29 is 13.3 Å². The first-order valence-corrected chi connectivity index (χ1v) is 8.22. The maximum absolute atomic E-state index is 12.7. The van der Waals surface area contributed by atoms with Gasteiger partial charge in [-0.1, -0.05) is 0 Å². The van der Waals surface area contributed by atoms with E-state index in [-0.39, 0.29) is 4.90 Å². The summed E-state index contributed by atoms with van der Waals surface area (Å²) < 4.78 is 26.6. The van der Waals surface area contributed by atoms with Gasteiger partial charge in [-0.05, 0) is 50.3 Å². The van der Waals surface area contributed by atoms with Crippen LogP contribution in [0.5, 0.6) is 0 Å². The summed E-state index contributed by atoms with van der Waals surface area (Å²) >= 11 is 0. The molecule has 1 heterocycles. The van der Waals surface area contributed by atoms with Gasteiger partial charge in [0, 0.05) is 12.6 Å². The molecule has 2 rings (SSSR count). The van der Waals surface area contributed by atoms with Crippen LogP contribution >= 0.6 is 0 Å². The fourth-order valence-electron chi connectivity index (χ4n) is 2.48. The number of hydrogen-bond donors (Lipinski definition) is 1. The molecule has 8 heteroatoms. The molecule has 1 fully saturated rings. The molecule has 1 saturated heterocycles. The molecule has 21 heavy (non-hydrogen) atoms. The van der Waals surface area contributed by atoms with Crippen molar-refractivity contribution in [1.82, 2.24) is 4.31 Å². The zero-order chi connectivity index (χ0) is 15.8. The lowest BCUT2D eigenvalue weighted by molar-refractivity contribution is -0.387. The van der Waals surface area contributed by atoms with Crippen molar-refractivity contribution in [3.05, 3.63) is 33.4 Å². The second-order valence-electron chi connectivity index (χ2n) is 5.34. The first-order chi connectivity index (χ1) is 9.75. The third kappa shape index (κ3) is 2.92. The molecule has 7 nitrogen and oxygen atoms in total. The van der Waals surface area contributed by atoms with E-state index in [1.165, 1.54) is 16.4 Å². The van der Waals surface area contributed by atoms with Crippen molar-refractivity contribution in [2.75, 3.05) is 6.54 Å². The number of nitro benzene ring substituents is 1. The Kier molecular flexibility index (Phi) is 4.31. The Morgan fingerprint density at radius 3 is 2.48 bits per heavy atom. The van der Waals surface area contributed by atoms with Gasteiger partial charge >= 0.3 is 0 Å². The zero-order valence-electron chi connectivity index (χ0n) is 12.1. The molecule has 0 aliphatic carbocycles. The van der Waals surface area contributed by atoms with Crippen LogP contribution in [-0.2, 0) is 10.0 Å². The van der Waals surface area contributed by atoms with Crippen molar-refractivity contribution in [2.45, 2.75) is 44.2 Å². The van der Waals surface area contributed by atoms with Crippen molar-refractivity contribution in [2.24, 2.45) is 5.73 Å². The Labute approximate surface area is 123 Å². The van der Waals surface area contributed by atoms with Gasteiger partial charge in [0.05, 0.1) is 11.1 Å². The van der Waals surface area contributed by atoms with E-state index < -0.39 is 26.8 Å². The highest BCUT2D eigenvalue weighted by Gasteiger charge is 2.36. The lowest BCUT2D eigenvalue weighted by Gasteiger charge is -2.31. The SMILES string of the molecule is Cc1cc([N+](=O)[O-])c(S(=O)(=O)N2CCCCC2N)cc1C. The molecule has 0 saturated carbocycles. The van der Waals surface area contributed by atoms with Gasteiger partial charge in [-0.15, -0.1) is 0 Å². The number of rotatable bonds is 3. The molecule has 1 unspecified atom stereocenters. The third-order valence-corrected chi connectivity index (χ3v) is 5.81. The molecule has 1 aromatic carbocycles. The molecule has 1 atom stereocenters. The average molecular weight is 313 g/mol. The summed E-state index contributed by atoms with van der Waals surface area (Å²) in [6.45, 7) is 3.74. The van der Waals surface area contributed by atoms with E-state index in [1.54, 1.807) is 13.8 Å². The third-order valence-electron chi connectivity index (χ3n) is 3.86. The lowest BCUT2D eigenvalue weighted by atomic mass is 10.1. The minimum atomic E-state index is -3.96. The molecular weight excluding hydrogens is 294 g/mol. The Morgan fingerprint density at radius 2 is 1.90 bits per heavy atom. The van der Waals surface area contributed by atoms with Crippen LogP contribution in [0.2, 0.25) is 0 Å². The van der Waals surface area contributed by atoms with E-state index in [2.05, 4.69) is 0 Å². The number of nitrogens with zero attached hydrogens (tertiary/aromatic N) is 2. The van der Waals surface area contributed by atoms with Crippen LogP contribution in [-0.4, -0.2) is 30.4 Å². The summed E-state index contributed by atoms with van der Waals surface area (Å²) in [5, 5.41) is 11.2. The highest BCUT2D eigenvalue weighted by Crippen LogP contribution is 2.31. The zero-order valence-corrected chi connectivity index (χ0v) is 12.9. The Morgan fingerprint density at radius 1 is 1.29 bits per heavy atom. The van der Waals surface area contributed by atoms with Gasteiger partial charge in [0.15, 0.2) is 4.90 Å². The Balaban J connectivity index is 2.58. The molecule has 0 bridgehead atoms. The monoisotopic (exact) mass is 313 g/mol. The van der Waals surface area contributed by atoms with Crippen LogP contribution < -0.4 is 5.73 Å². The van der Waals surface area contributed by atoms with E-state index in [4.69, 9.17) is 5.73 Å². The quantitative estimate of drug-likeness (QED) is 0.674. The van der Waals surface area contributed by atoms with Crippen LogP contribution in [0.1, 0.15) is 30.4 Å². The second-order valence-corrected chi connectivity index (χ2v) is 7.20. The first kappa shape index (κ1) is 15.9. The summed E-state index contributed by atoms with van der Waals surface area (Å²) in [5.74, 6) is 0. The number of nitrogens with two attached hydrogens (primary N) is 1. The highest BCUT2D eigenvalue weighted by atomic mass is 32.2. The standard InChI is InChI=1S/C13H19N3O4S/c1-9-7-11(16(17)18)12(8-10(9)2)21(19,20)15-6-4-3-5-13(15)14/h7-8,13H,3-6,14H2,1-2H3. The van der Waals surface area contributed by atoms with Gasteiger partial charge < -0.3 is 5.73 Å². The second kappa shape index (κ2) is 5.70. The Hall–Kier alpha value is -1.51. The Bertz CT molecular complexity index is 672. The van der Waals surface area contributed by atoms with Crippen LogP contribution in [0.15, 0.2) is 17.0 Å². The number of sulfonamides is 1. The normalized spacial score (nSPS) is 20.4. The molecule has 116 valence electrons. The summed E-state index contributed by atoms with van der Waals surface area (Å²) in [6, 6.07) is 2.67. The van der Waals surface area contributed by atoms with E-state index in [0.29, 0.717) is 30.5 Å². The average Bonchev–Trinajstić information content (AvgIpc) is 2.41. The van der Waals surface area contributed by atoms with Gasteiger partial charge in [0.25, 0.3) is 15.7 Å². The van der Waals surface area contributed by atoms with Gasteiger partial charge in [0.1, 0.15) is 0 Å². The molecule has 2 N–H and O–H groups in total. The highest BCUT2D eigenvalue weighted by molar-refractivity contribution is 7.89. The molecule has 1 aromatic rings. The molecule has 0 amide bonds. The topological polar surface area (TPSA) is 107 Å². The van der Waals surface area contributed by atoms with Crippen LogP contribution in [0.25, 0.3) is 0 Å².